The number of esters is 5. The number of carbonyl (C=O) groups is 5. The molecule has 0 aliphatic carbocycles. The summed E-state index contributed by atoms with van der Waals surface area (Å²) in [5.41, 5.74) is 0. The summed E-state index contributed by atoms with van der Waals surface area (Å²) in [5, 5.41) is 86.9. The highest BCUT2D eigenvalue weighted by Gasteiger charge is 2.54. The molecule has 15 atom stereocenters. The molecule has 2 rings (SSSR count). The molecule has 73 heavy (non-hydrogen) atoms. The predicted octanol–water partition coefficient (Wildman–Crippen LogP) is -2.87. The molecule has 0 bridgehead atoms. The van der Waals surface area contributed by atoms with Crippen molar-refractivity contribution in [3.63, 3.8) is 0 Å². The number of ether oxygens (including phenoxy) is 13. The van der Waals surface area contributed by atoms with Crippen LogP contribution in [0.2, 0.25) is 0 Å². The highest BCUT2D eigenvalue weighted by atomic mass is 16.8. The molecule has 2 aliphatic heterocycles. The minimum absolute atomic E-state index is 0.558. The average molecular weight is 1050 g/mol. The van der Waals surface area contributed by atoms with E-state index in [2.05, 4.69) is 0 Å². The van der Waals surface area contributed by atoms with Gasteiger partial charge in [0.2, 0.25) is 0 Å². The Morgan fingerprint density at radius 1 is 0.397 bits per heavy atom. The molecule has 0 saturated carbocycles. The van der Waals surface area contributed by atoms with Gasteiger partial charge in [-0.1, -0.05) is 30.4 Å². The first kappa shape index (κ1) is 64.5. The first-order chi connectivity index (χ1) is 34.9. The van der Waals surface area contributed by atoms with Crippen LogP contribution in [0.5, 0.6) is 0 Å². The third kappa shape index (κ3) is 24.5. The molecule has 2 aliphatic rings. The smallest absolute Gasteiger partial charge is 0.330 e. The van der Waals surface area contributed by atoms with Crippen molar-refractivity contribution in [3.8, 4) is 0 Å². The van der Waals surface area contributed by atoms with Crippen molar-refractivity contribution in [1.29, 1.82) is 0 Å². The molecule has 26 heteroatoms. The summed E-state index contributed by atoms with van der Waals surface area (Å²) in [5.74, 6) is -3.94. The van der Waals surface area contributed by atoms with Gasteiger partial charge in [0.1, 0.15) is 112 Å². The van der Waals surface area contributed by atoms with Gasteiger partial charge in [0.15, 0.2) is 12.6 Å². The molecule has 0 radical (unpaired) electrons. The van der Waals surface area contributed by atoms with Crippen LogP contribution in [0.3, 0.4) is 0 Å². The van der Waals surface area contributed by atoms with E-state index in [1.165, 1.54) is 30.4 Å². The van der Waals surface area contributed by atoms with Gasteiger partial charge in [0.05, 0.1) is 46.2 Å². The third-order valence-corrected chi connectivity index (χ3v) is 9.84. The maximum atomic E-state index is 12.1. The Labute approximate surface area is 422 Å². The van der Waals surface area contributed by atoms with Gasteiger partial charge < -0.3 is 102 Å². The molecule has 0 aromatic carbocycles. The molecule has 8 N–H and O–H groups in total. The first-order valence-electron chi connectivity index (χ1n) is 23.3. The minimum Gasteiger partial charge on any atom is -0.460 e. The molecule has 2 saturated heterocycles. The molecule has 2 heterocycles. The van der Waals surface area contributed by atoms with Crippen molar-refractivity contribution < 1.29 is 126 Å². The van der Waals surface area contributed by atoms with Crippen LogP contribution in [0.15, 0.2) is 60.8 Å². The zero-order valence-electron chi connectivity index (χ0n) is 41.3. The van der Waals surface area contributed by atoms with Gasteiger partial charge in [-0.15, -0.1) is 0 Å². The van der Waals surface area contributed by atoms with Gasteiger partial charge in [-0.05, 0) is 34.6 Å². The largest absolute Gasteiger partial charge is 0.460 e. The highest BCUT2D eigenvalue weighted by molar-refractivity contribution is 5.83. The molecular weight excluding hydrogens is 980 g/mol. The number of allylic oxidation sites excluding steroid dienone is 5. The normalized spacial score (nSPS) is 26.8. The van der Waals surface area contributed by atoms with Crippen LogP contribution >= 0.6 is 0 Å². The van der Waals surface area contributed by atoms with Crippen molar-refractivity contribution in [2.24, 2.45) is 0 Å². The van der Waals surface area contributed by atoms with Gasteiger partial charge in [-0.2, -0.15) is 0 Å². The lowest BCUT2D eigenvalue weighted by atomic mass is 9.96. The SMILES string of the molecule is CC=CC(=O)OCC(O)COC1O[C@H](CO)[C@@H](O[C@@H]2O[C@H](CO)[C@H](O)[C@H](OCC(O)COC(=O)C=CC)[C@H]2OCC(O)COC(=O)C=CC)[C@H](OCC(O)COC(=O)C=CC)[C@H]1OCC(O)COC(=O)C=CC. The second-order valence-corrected chi connectivity index (χ2v) is 16.0. The highest BCUT2D eigenvalue weighted by Crippen LogP contribution is 2.34. The summed E-state index contributed by atoms with van der Waals surface area (Å²) in [6.07, 6.45) is -11.8. The van der Waals surface area contributed by atoms with Crippen LogP contribution < -0.4 is 0 Å². The molecule has 26 nitrogen and oxygen atoms in total. The first-order valence-corrected chi connectivity index (χ1v) is 23.3. The van der Waals surface area contributed by atoms with Gasteiger partial charge in [-0.3, -0.25) is 0 Å². The van der Waals surface area contributed by atoms with Crippen LogP contribution in [-0.4, -0.2) is 242 Å². The zero-order valence-corrected chi connectivity index (χ0v) is 41.3. The predicted molar refractivity (Wildman–Crippen MR) is 246 cm³/mol. The molecule has 0 aromatic heterocycles. The Hall–Kier alpha value is -4.59. The Morgan fingerprint density at radius 3 is 1.01 bits per heavy atom. The van der Waals surface area contributed by atoms with Crippen LogP contribution in [0.4, 0.5) is 0 Å². The number of aliphatic hydroxyl groups excluding tert-OH is 8. The van der Waals surface area contributed by atoms with Crippen molar-refractivity contribution in [2.75, 3.05) is 79.3 Å². The fourth-order valence-corrected chi connectivity index (χ4v) is 6.51. The second kappa shape index (κ2) is 36.4. The summed E-state index contributed by atoms with van der Waals surface area (Å²) >= 11 is 0. The van der Waals surface area contributed by atoms with E-state index in [0.717, 1.165) is 30.4 Å². The van der Waals surface area contributed by atoms with E-state index >= 15 is 0 Å². The van der Waals surface area contributed by atoms with Gasteiger partial charge in [-0.25, -0.2) is 24.0 Å². The maximum Gasteiger partial charge on any atom is 0.330 e. The standard InChI is InChI=1S/C47H72O26/c1-6-11-35(55)61-18-28(50)23-66-42-40(60)33(16-48)71-47(44(42)68-25-30(52)20-63-37(57)13-8-3)73-41-34(17-49)72-46(70-27-32(54)22-65-39(59)15-10-5)45(69-26-31(53)21-64-38(58)14-9-4)43(41)67-24-29(51)19-62-36(56)12-7-2/h6-15,28-34,40-54,60H,16-27H2,1-5H3/t28?,29?,30?,31?,32?,33-,34-,40+,41-,42+,43+,44-,45-,46?,47+/m1/s1. The maximum absolute atomic E-state index is 12.1. The Bertz CT molecular complexity index is 1770. The monoisotopic (exact) mass is 1050 g/mol. The molecule has 6 unspecified atom stereocenters. The van der Waals surface area contributed by atoms with E-state index in [1.807, 2.05) is 0 Å². The lowest BCUT2D eigenvalue weighted by Crippen LogP contribution is -2.66. The topological polar surface area (TPSA) is 367 Å². The van der Waals surface area contributed by atoms with E-state index in [1.54, 1.807) is 34.6 Å². The average Bonchev–Trinajstić information content (AvgIpc) is 3.36. The number of carbonyl (C=O) groups excluding carboxylic acids is 5. The lowest BCUT2D eigenvalue weighted by Gasteiger charge is -2.49. The molecule has 2 fully saturated rings. The van der Waals surface area contributed by atoms with Crippen LogP contribution in [-0.2, 0) is 85.6 Å². The number of hydrogen-bond acceptors (Lipinski definition) is 26. The van der Waals surface area contributed by atoms with Crippen LogP contribution in [0, 0.1) is 0 Å². The van der Waals surface area contributed by atoms with Crippen LogP contribution in [0.1, 0.15) is 34.6 Å². The molecule has 0 spiro atoms. The van der Waals surface area contributed by atoms with Crippen molar-refractivity contribution in [3.05, 3.63) is 60.8 Å². The lowest BCUT2D eigenvalue weighted by molar-refractivity contribution is -0.374. The van der Waals surface area contributed by atoms with E-state index in [0.29, 0.717) is 0 Å². The fourth-order valence-electron chi connectivity index (χ4n) is 6.51. The second-order valence-electron chi connectivity index (χ2n) is 16.0. The van der Waals surface area contributed by atoms with Crippen molar-refractivity contribution in [1.82, 2.24) is 0 Å². The van der Waals surface area contributed by atoms with Crippen molar-refractivity contribution in [2.45, 2.75) is 127 Å². The van der Waals surface area contributed by atoms with Crippen LogP contribution in [0.25, 0.3) is 0 Å². The zero-order chi connectivity index (χ0) is 54.3. The minimum atomic E-state index is -1.85. The summed E-state index contributed by atoms with van der Waals surface area (Å²) in [6.45, 7) is -0.203. The summed E-state index contributed by atoms with van der Waals surface area (Å²) < 4.78 is 73.9. The summed E-state index contributed by atoms with van der Waals surface area (Å²) in [6, 6.07) is 0. The van der Waals surface area contributed by atoms with Gasteiger partial charge in [0, 0.05) is 30.4 Å². The Balaban J connectivity index is 2.71. The Morgan fingerprint density at radius 2 is 0.685 bits per heavy atom. The molecule has 0 aromatic rings. The van der Waals surface area contributed by atoms with E-state index in [-0.39, 0.29) is 0 Å². The third-order valence-electron chi connectivity index (χ3n) is 9.84. The fraction of sp³-hybridized carbons (Fsp3) is 0.681. The van der Waals surface area contributed by atoms with Crippen molar-refractivity contribution >= 4 is 29.8 Å². The van der Waals surface area contributed by atoms with Gasteiger partial charge >= 0.3 is 29.8 Å². The van der Waals surface area contributed by atoms with E-state index < -0.39 is 201 Å². The van der Waals surface area contributed by atoms with Gasteiger partial charge in [0.25, 0.3) is 0 Å². The molecule has 0 amide bonds. The Kier molecular flexibility index (Phi) is 32.1. The molecular formula is C47H72O26. The molecule has 416 valence electrons. The van der Waals surface area contributed by atoms with E-state index in [4.69, 9.17) is 61.6 Å². The quantitative estimate of drug-likeness (QED) is 0.0182. The number of rotatable bonds is 34. The van der Waals surface area contributed by atoms with E-state index in [9.17, 15) is 64.8 Å². The number of aliphatic hydroxyl groups is 8. The number of hydrogen-bond donors (Lipinski definition) is 8. The summed E-state index contributed by atoms with van der Waals surface area (Å²) in [4.78, 5) is 60.0. The summed E-state index contributed by atoms with van der Waals surface area (Å²) in [7, 11) is 0.